The molecule has 0 aromatic rings. The highest BCUT2D eigenvalue weighted by Gasteiger charge is 2.45. The molecule has 2 aliphatic rings. The van der Waals surface area contributed by atoms with Crippen LogP contribution in [0.1, 0.15) is 32.1 Å². The lowest BCUT2D eigenvalue weighted by Gasteiger charge is -2.30. The van der Waals surface area contributed by atoms with E-state index >= 15 is 0 Å². The zero-order chi connectivity index (χ0) is 13.9. The molecular formula is C13H22N2O3S. The van der Waals surface area contributed by atoms with Gasteiger partial charge in [-0.3, -0.25) is 4.79 Å². The van der Waals surface area contributed by atoms with E-state index in [1.165, 1.54) is 0 Å². The number of ether oxygens (including phenoxy) is 2. The second-order valence-corrected chi connectivity index (χ2v) is 5.97. The van der Waals surface area contributed by atoms with E-state index in [4.69, 9.17) is 27.4 Å². The molecule has 3 N–H and O–H groups in total. The lowest BCUT2D eigenvalue weighted by Crippen LogP contribution is -2.52. The summed E-state index contributed by atoms with van der Waals surface area (Å²) in [6, 6.07) is 0. The van der Waals surface area contributed by atoms with Crippen LogP contribution in [0.25, 0.3) is 0 Å². The predicted octanol–water partition coefficient (Wildman–Crippen LogP) is 0.755. The van der Waals surface area contributed by atoms with Crippen LogP contribution in [0.3, 0.4) is 0 Å². The van der Waals surface area contributed by atoms with Crippen molar-refractivity contribution in [1.29, 1.82) is 0 Å². The number of nitrogens with two attached hydrogens (primary N) is 1. The van der Waals surface area contributed by atoms with Crippen LogP contribution in [0.5, 0.6) is 0 Å². The van der Waals surface area contributed by atoms with E-state index in [9.17, 15) is 4.79 Å². The maximum atomic E-state index is 12.4. The van der Waals surface area contributed by atoms with E-state index in [-0.39, 0.29) is 5.91 Å². The number of hydrogen-bond donors (Lipinski definition) is 2. The molecule has 1 atom stereocenters. The fourth-order valence-electron chi connectivity index (χ4n) is 2.94. The number of carbonyl (C=O) groups is 1. The summed E-state index contributed by atoms with van der Waals surface area (Å²) >= 11 is 5.11. The third-order valence-electron chi connectivity index (χ3n) is 4.43. The Hall–Kier alpha value is -0.720. The summed E-state index contributed by atoms with van der Waals surface area (Å²) in [6.07, 6.45) is 4.31. The van der Waals surface area contributed by atoms with Gasteiger partial charge in [-0.1, -0.05) is 25.1 Å². The Morgan fingerprint density at radius 1 is 1.42 bits per heavy atom. The molecule has 2 rings (SSSR count). The van der Waals surface area contributed by atoms with Crippen molar-refractivity contribution in [3.8, 4) is 0 Å². The van der Waals surface area contributed by atoms with Gasteiger partial charge < -0.3 is 20.5 Å². The molecular weight excluding hydrogens is 264 g/mol. The fourth-order valence-corrected chi connectivity index (χ4v) is 3.23. The van der Waals surface area contributed by atoms with Crippen molar-refractivity contribution in [3.05, 3.63) is 0 Å². The summed E-state index contributed by atoms with van der Waals surface area (Å²) in [5, 5.41) is 2.97. The van der Waals surface area contributed by atoms with Gasteiger partial charge in [0, 0.05) is 26.7 Å². The van der Waals surface area contributed by atoms with Crippen molar-refractivity contribution in [2.24, 2.45) is 11.1 Å². The SMILES string of the molecule is COC1(CNC(=O)C2(C(N)=S)CCCC2)CCOC1. The van der Waals surface area contributed by atoms with Crippen LogP contribution in [0.2, 0.25) is 0 Å². The quantitative estimate of drug-likeness (QED) is 0.730. The van der Waals surface area contributed by atoms with Gasteiger partial charge in [0.1, 0.15) is 5.60 Å². The molecule has 1 unspecified atom stereocenters. The normalized spacial score (nSPS) is 29.3. The van der Waals surface area contributed by atoms with Crippen LogP contribution in [0.15, 0.2) is 0 Å². The first kappa shape index (κ1) is 14.7. The maximum absolute atomic E-state index is 12.4. The van der Waals surface area contributed by atoms with Gasteiger partial charge >= 0.3 is 0 Å². The Balaban J connectivity index is 1.98. The smallest absolute Gasteiger partial charge is 0.233 e. The zero-order valence-electron chi connectivity index (χ0n) is 11.4. The summed E-state index contributed by atoms with van der Waals surface area (Å²) in [5.74, 6) is -0.0548. The van der Waals surface area contributed by atoms with Crippen LogP contribution in [0, 0.1) is 5.41 Å². The van der Waals surface area contributed by atoms with Gasteiger partial charge in [0.25, 0.3) is 0 Å². The summed E-state index contributed by atoms with van der Waals surface area (Å²) < 4.78 is 10.9. The van der Waals surface area contributed by atoms with E-state index in [0.29, 0.717) is 24.7 Å². The summed E-state index contributed by atoms with van der Waals surface area (Å²) in [7, 11) is 1.65. The van der Waals surface area contributed by atoms with Crippen molar-refractivity contribution >= 4 is 23.1 Å². The minimum Gasteiger partial charge on any atom is -0.392 e. The molecule has 2 fully saturated rings. The molecule has 0 spiro atoms. The molecule has 1 heterocycles. The van der Waals surface area contributed by atoms with E-state index in [1.807, 2.05) is 0 Å². The first-order chi connectivity index (χ1) is 9.05. The van der Waals surface area contributed by atoms with Crippen LogP contribution in [-0.4, -0.2) is 43.4 Å². The first-order valence-electron chi connectivity index (χ1n) is 6.76. The first-order valence-corrected chi connectivity index (χ1v) is 7.17. The standard InChI is InChI=1S/C13H22N2O3S/c1-17-12(6-7-18-9-12)8-15-11(16)13(10(14)19)4-2-3-5-13/h2-9H2,1H3,(H2,14,19)(H,15,16). The van der Waals surface area contributed by atoms with E-state index in [1.54, 1.807) is 7.11 Å². The fraction of sp³-hybridized carbons (Fsp3) is 0.846. The van der Waals surface area contributed by atoms with E-state index in [2.05, 4.69) is 5.32 Å². The minimum atomic E-state index is -0.649. The van der Waals surface area contributed by atoms with E-state index < -0.39 is 11.0 Å². The average molecular weight is 286 g/mol. The Labute approximate surface area is 119 Å². The van der Waals surface area contributed by atoms with Gasteiger partial charge in [-0.25, -0.2) is 0 Å². The highest BCUT2D eigenvalue weighted by Crippen LogP contribution is 2.38. The molecule has 1 saturated carbocycles. The number of hydrogen-bond acceptors (Lipinski definition) is 4. The third kappa shape index (κ3) is 2.75. The molecule has 6 heteroatoms. The summed E-state index contributed by atoms with van der Waals surface area (Å²) in [4.78, 5) is 12.8. The van der Waals surface area contributed by atoms with Crippen molar-refractivity contribution in [3.63, 3.8) is 0 Å². The molecule has 0 radical (unpaired) electrons. The predicted molar refractivity (Wildman–Crippen MR) is 75.9 cm³/mol. The van der Waals surface area contributed by atoms with Gasteiger partial charge in [-0.2, -0.15) is 0 Å². The van der Waals surface area contributed by atoms with Gasteiger partial charge in [0.2, 0.25) is 5.91 Å². The lowest BCUT2D eigenvalue weighted by molar-refractivity contribution is -0.129. The van der Waals surface area contributed by atoms with Crippen LogP contribution in [-0.2, 0) is 14.3 Å². The number of methoxy groups -OCH3 is 1. The number of amides is 1. The van der Waals surface area contributed by atoms with Gasteiger partial charge in [-0.05, 0) is 12.8 Å². The molecule has 5 nitrogen and oxygen atoms in total. The van der Waals surface area contributed by atoms with Gasteiger partial charge in [0.05, 0.1) is 17.0 Å². The Kier molecular flexibility index (Phi) is 4.43. The van der Waals surface area contributed by atoms with E-state index in [0.717, 1.165) is 32.1 Å². The van der Waals surface area contributed by atoms with Crippen molar-refractivity contribution in [2.45, 2.75) is 37.7 Å². The Morgan fingerprint density at radius 3 is 2.58 bits per heavy atom. The van der Waals surface area contributed by atoms with Gasteiger partial charge in [0.15, 0.2) is 0 Å². The van der Waals surface area contributed by atoms with Crippen LogP contribution < -0.4 is 11.1 Å². The lowest BCUT2D eigenvalue weighted by atomic mass is 9.85. The van der Waals surface area contributed by atoms with Crippen molar-refractivity contribution in [2.75, 3.05) is 26.9 Å². The zero-order valence-corrected chi connectivity index (χ0v) is 12.2. The van der Waals surface area contributed by atoms with Gasteiger partial charge in [-0.15, -0.1) is 0 Å². The van der Waals surface area contributed by atoms with Crippen LogP contribution in [0.4, 0.5) is 0 Å². The van der Waals surface area contributed by atoms with Crippen molar-refractivity contribution < 1.29 is 14.3 Å². The number of rotatable bonds is 5. The Morgan fingerprint density at radius 2 is 2.11 bits per heavy atom. The topological polar surface area (TPSA) is 73.6 Å². The molecule has 0 bridgehead atoms. The maximum Gasteiger partial charge on any atom is 0.233 e. The number of carbonyl (C=O) groups excluding carboxylic acids is 1. The molecule has 0 aromatic carbocycles. The summed E-state index contributed by atoms with van der Waals surface area (Å²) in [6.45, 7) is 1.64. The molecule has 1 amide bonds. The second kappa shape index (κ2) is 5.73. The average Bonchev–Trinajstić information content (AvgIpc) is 3.06. The van der Waals surface area contributed by atoms with Crippen LogP contribution >= 0.6 is 12.2 Å². The second-order valence-electron chi connectivity index (χ2n) is 5.53. The monoisotopic (exact) mass is 286 g/mol. The highest BCUT2D eigenvalue weighted by molar-refractivity contribution is 7.80. The molecule has 108 valence electrons. The number of nitrogens with one attached hydrogen (secondary N) is 1. The highest BCUT2D eigenvalue weighted by atomic mass is 32.1. The molecule has 1 aliphatic carbocycles. The molecule has 0 aromatic heterocycles. The molecule has 1 aliphatic heterocycles. The Bertz CT molecular complexity index is 361. The van der Waals surface area contributed by atoms with Crippen molar-refractivity contribution in [1.82, 2.24) is 5.32 Å². The summed E-state index contributed by atoms with van der Waals surface area (Å²) in [5.41, 5.74) is 4.75. The third-order valence-corrected chi connectivity index (χ3v) is 4.83. The molecule has 19 heavy (non-hydrogen) atoms. The number of thiocarbonyl (C=S) groups is 1. The minimum absolute atomic E-state index is 0.0548. The molecule has 1 saturated heterocycles. The largest absolute Gasteiger partial charge is 0.392 e.